The summed E-state index contributed by atoms with van der Waals surface area (Å²) in [4.78, 5) is 17.8. The van der Waals surface area contributed by atoms with Crippen LogP contribution in [0.15, 0.2) is 42.0 Å². The first-order valence-corrected chi connectivity index (χ1v) is 6.49. The Morgan fingerprint density at radius 3 is 2.94 bits per heavy atom. The molecule has 18 heavy (non-hydrogen) atoms. The molecule has 3 rings (SSSR count). The monoisotopic (exact) mass is 243 g/mol. The van der Waals surface area contributed by atoms with Crippen LogP contribution in [0.2, 0.25) is 0 Å². The second-order valence-corrected chi connectivity index (χ2v) is 4.96. The highest BCUT2D eigenvalue weighted by atomic mass is 16.7. The lowest BCUT2D eigenvalue weighted by Crippen LogP contribution is -2.37. The summed E-state index contributed by atoms with van der Waals surface area (Å²) in [6, 6.07) is 10.2. The fourth-order valence-electron chi connectivity index (χ4n) is 2.64. The SMILES string of the molecule is O=C1[C@@H](Cc2ccccc2)CCC2=CCON1C2. The molecule has 1 saturated heterocycles. The number of hydrogen-bond donors (Lipinski definition) is 0. The summed E-state index contributed by atoms with van der Waals surface area (Å²) >= 11 is 0. The fraction of sp³-hybridized carbons (Fsp3) is 0.400. The third-order valence-electron chi connectivity index (χ3n) is 3.68. The number of nitrogens with zero attached hydrogens (tertiary/aromatic N) is 1. The van der Waals surface area contributed by atoms with Crippen LogP contribution in [0.4, 0.5) is 0 Å². The topological polar surface area (TPSA) is 29.5 Å². The smallest absolute Gasteiger partial charge is 0.249 e. The van der Waals surface area contributed by atoms with Crippen LogP contribution < -0.4 is 0 Å². The maximum Gasteiger partial charge on any atom is 0.249 e. The molecule has 0 spiro atoms. The molecule has 0 N–H and O–H groups in total. The van der Waals surface area contributed by atoms with Gasteiger partial charge < -0.3 is 0 Å². The lowest BCUT2D eigenvalue weighted by Gasteiger charge is -2.25. The van der Waals surface area contributed by atoms with Crippen molar-refractivity contribution in [2.24, 2.45) is 5.92 Å². The first-order valence-electron chi connectivity index (χ1n) is 6.49. The van der Waals surface area contributed by atoms with Crippen molar-refractivity contribution in [1.29, 1.82) is 0 Å². The van der Waals surface area contributed by atoms with E-state index >= 15 is 0 Å². The van der Waals surface area contributed by atoms with E-state index in [4.69, 9.17) is 4.84 Å². The van der Waals surface area contributed by atoms with Crippen molar-refractivity contribution in [2.45, 2.75) is 19.3 Å². The highest BCUT2D eigenvalue weighted by Crippen LogP contribution is 2.26. The summed E-state index contributed by atoms with van der Waals surface area (Å²) < 4.78 is 0. The molecule has 3 nitrogen and oxygen atoms in total. The van der Waals surface area contributed by atoms with Crippen LogP contribution in [0.5, 0.6) is 0 Å². The van der Waals surface area contributed by atoms with Gasteiger partial charge in [-0.05, 0) is 30.4 Å². The van der Waals surface area contributed by atoms with Crippen molar-refractivity contribution in [3.05, 3.63) is 47.5 Å². The minimum absolute atomic E-state index is 0.0522. The summed E-state index contributed by atoms with van der Waals surface area (Å²) in [6.45, 7) is 1.20. The summed E-state index contributed by atoms with van der Waals surface area (Å²) in [5, 5.41) is 1.55. The lowest BCUT2D eigenvalue weighted by molar-refractivity contribution is -0.185. The Hall–Kier alpha value is -1.61. The molecule has 0 unspecified atom stereocenters. The van der Waals surface area contributed by atoms with E-state index in [-0.39, 0.29) is 11.8 Å². The summed E-state index contributed by atoms with van der Waals surface area (Å²) in [7, 11) is 0. The van der Waals surface area contributed by atoms with Gasteiger partial charge in [0, 0.05) is 5.92 Å². The fourth-order valence-corrected chi connectivity index (χ4v) is 2.64. The molecule has 0 aromatic heterocycles. The molecule has 0 aliphatic carbocycles. The van der Waals surface area contributed by atoms with Gasteiger partial charge in [0.05, 0.1) is 13.2 Å². The second kappa shape index (κ2) is 4.94. The average molecular weight is 243 g/mol. The molecule has 1 fully saturated rings. The quantitative estimate of drug-likeness (QED) is 0.746. The van der Waals surface area contributed by atoms with Crippen LogP contribution in [-0.2, 0) is 16.1 Å². The van der Waals surface area contributed by atoms with E-state index in [0.29, 0.717) is 13.2 Å². The first kappa shape index (κ1) is 11.5. The molecular weight excluding hydrogens is 226 g/mol. The third kappa shape index (κ3) is 2.31. The van der Waals surface area contributed by atoms with Gasteiger partial charge in [0.2, 0.25) is 5.91 Å². The number of benzene rings is 1. The highest BCUT2D eigenvalue weighted by molar-refractivity contribution is 5.79. The van der Waals surface area contributed by atoms with Crippen molar-refractivity contribution in [3.63, 3.8) is 0 Å². The maximum absolute atomic E-state index is 12.3. The van der Waals surface area contributed by atoms with E-state index in [0.717, 1.165) is 19.3 Å². The van der Waals surface area contributed by atoms with Crippen molar-refractivity contribution in [2.75, 3.05) is 13.2 Å². The molecule has 1 aromatic rings. The number of hydroxylamine groups is 2. The summed E-state index contributed by atoms with van der Waals surface area (Å²) in [6.07, 6.45) is 4.87. The Morgan fingerprint density at radius 1 is 1.28 bits per heavy atom. The molecular formula is C15H17NO2. The predicted octanol–water partition coefficient (Wildman–Crippen LogP) is 2.34. The summed E-state index contributed by atoms with van der Waals surface area (Å²) in [5.41, 5.74) is 2.56. The van der Waals surface area contributed by atoms with Crippen LogP contribution >= 0.6 is 0 Å². The molecule has 2 bridgehead atoms. The van der Waals surface area contributed by atoms with Gasteiger partial charge in [0.25, 0.3) is 0 Å². The molecule has 2 heterocycles. The normalized spacial score (nSPS) is 23.6. The number of amides is 1. The summed E-state index contributed by atoms with van der Waals surface area (Å²) in [5.74, 6) is 0.193. The van der Waals surface area contributed by atoms with Crippen LogP contribution in [0.3, 0.4) is 0 Å². The highest BCUT2D eigenvalue weighted by Gasteiger charge is 2.31. The van der Waals surface area contributed by atoms with Gasteiger partial charge >= 0.3 is 0 Å². The zero-order chi connectivity index (χ0) is 12.4. The molecule has 0 saturated carbocycles. The van der Waals surface area contributed by atoms with Crippen molar-refractivity contribution >= 4 is 5.91 Å². The zero-order valence-corrected chi connectivity index (χ0v) is 10.3. The van der Waals surface area contributed by atoms with Gasteiger partial charge in [-0.2, -0.15) is 0 Å². The second-order valence-electron chi connectivity index (χ2n) is 4.96. The van der Waals surface area contributed by atoms with Gasteiger partial charge in [-0.3, -0.25) is 9.63 Å². The van der Waals surface area contributed by atoms with Gasteiger partial charge in [-0.1, -0.05) is 36.4 Å². The van der Waals surface area contributed by atoms with E-state index in [1.807, 2.05) is 18.2 Å². The third-order valence-corrected chi connectivity index (χ3v) is 3.68. The zero-order valence-electron chi connectivity index (χ0n) is 10.3. The molecule has 3 heteroatoms. The Labute approximate surface area is 107 Å². The first-order chi connectivity index (χ1) is 8.83. The average Bonchev–Trinajstić information content (AvgIpc) is 2.52. The Kier molecular flexibility index (Phi) is 3.15. The Bertz CT molecular complexity index is 467. The number of carbonyl (C=O) groups excluding carboxylic acids is 1. The van der Waals surface area contributed by atoms with E-state index in [2.05, 4.69) is 18.2 Å². The van der Waals surface area contributed by atoms with E-state index < -0.39 is 0 Å². The van der Waals surface area contributed by atoms with Crippen LogP contribution in [0, 0.1) is 5.92 Å². The number of hydrogen-bond acceptors (Lipinski definition) is 2. The predicted molar refractivity (Wildman–Crippen MR) is 68.6 cm³/mol. The van der Waals surface area contributed by atoms with Crippen molar-refractivity contribution in [1.82, 2.24) is 5.06 Å². The maximum atomic E-state index is 12.3. The molecule has 1 aromatic carbocycles. The van der Waals surface area contributed by atoms with E-state index in [1.54, 1.807) is 5.06 Å². The number of carbonyl (C=O) groups is 1. The Balaban J connectivity index is 1.76. The largest absolute Gasteiger partial charge is 0.272 e. The minimum atomic E-state index is 0.0522. The molecule has 94 valence electrons. The van der Waals surface area contributed by atoms with Crippen LogP contribution in [0.25, 0.3) is 0 Å². The van der Waals surface area contributed by atoms with Gasteiger partial charge in [-0.25, -0.2) is 5.06 Å². The number of rotatable bonds is 2. The molecule has 1 atom stereocenters. The molecule has 2 aliphatic heterocycles. The van der Waals surface area contributed by atoms with Gasteiger partial charge in [-0.15, -0.1) is 0 Å². The van der Waals surface area contributed by atoms with Crippen molar-refractivity contribution < 1.29 is 9.63 Å². The van der Waals surface area contributed by atoms with Crippen LogP contribution in [-0.4, -0.2) is 24.1 Å². The number of fused-ring (bicyclic) bond motifs is 2. The van der Waals surface area contributed by atoms with Gasteiger partial charge in [0.15, 0.2) is 0 Å². The molecule has 2 aliphatic rings. The standard InChI is InChI=1S/C15H17NO2/c17-15-14(10-12-4-2-1-3-5-12)7-6-13-8-9-18-16(15)11-13/h1-5,8,14H,6-7,9-11H2/t14-/m1/s1. The Morgan fingerprint density at radius 2 is 2.11 bits per heavy atom. The van der Waals surface area contributed by atoms with Crippen molar-refractivity contribution in [3.8, 4) is 0 Å². The van der Waals surface area contributed by atoms with Gasteiger partial charge in [0.1, 0.15) is 0 Å². The lowest BCUT2D eigenvalue weighted by atomic mass is 9.93. The minimum Gasteiger partial charge on any atom is -0.272 e. The molecule has 1 amide bonds. The van der Waals surface area contributed by atoms with Crippen LogP contribution in [0.1, 0.15) is 18.4 Å². The molecule has 0 radical (unpaired) electrons. The van der Waals surface area contributed by atoms with E-state index in [1.165, 1.54) is 11.1 Å². The van der Waals surface area contributed by atoms with E-state index in [9.17, 15) is 4.79 Å².